The van der Waals surface area contributed by atoms with Crippen LogP contribution < -0.4 is 10.3 Å². The van der Waals surface area contributed by atoms with E-state index in [1.54, 1.807) is 29.3 Å². The van der Waals surface area contributed by atoms with Crippen molar-refractivity contribution in [3.63, 3.8) is 0 Å². The third kappa shape index (κ3) is 3.04. The van der Waals surface area contributed by atoms with Crippen molar-refractivity contribution in [2.45, 2.75) is 27.2 Å². The number of halogens is 1. The zero-order valence-electron chi connectivity index (χ0n) is 15.1. The van der Waals surface area contributed by atoms with Crippen LogP contribution in [0.4, 0.5) is 0 Å². The molecule has 25 heavy (non-hydrogen) atoms. The molecule has 5 nitrogen and oxygen atoms in total. The number of nitrogens with zero attached hydrogens (tertiary/aromatic N) is 3. The van der Waals surface area contributed by atoms with Gasteiger partial charge in [-0.25, -0.2) is 4.52 Å². The molecule has 3 aromatic rings. The fourth-order valence-electron chi connectivity index (χ4n) is 3.10. The van der Waals surface area contributed by atoms with E-state index in [1.165, 1.54) is 0 Å². The van der Waals surface area contributed by atoms with Gasteiger partial charge in [-0.2, -0.15) is 0 Å². The van der Waals surface area contributed by atoms with E-state index in [2.05, 4.69) is 13.8 Å². The number of benzene rings is 1. The number of methoxy groups -OCH3 is 1. The average Bonchev–Trinajstić information content (AvgIpc) is 2.86. The molecule has 0 saturated carbocycles. The number of ether oxygens (including phenoxy) is 1. The number of aromatic nitrogens is 3. The summed E-state index contributed by atoms with van der Waals surface area (Å²) in [4.78, 5) is 13.0. The van der Waals surface area contributed by atoms with E-state index < -0.39 is 0 Å². The van der Waals surface area contributed by atoms with Crippen LogP contribution in [0.1, 0.15) is 25.1 Å². The van der Waals surface area contributed by atoms with Crippen molar-refractivity contribution in [1.82, 2.24) is 14.2 Å². The summed E-state index contributed by atoms with van der Waals surface area (Å²) in [5, 5.41) is 5.20. The number of hydrogen-bond donors (Lipinski definition) is 0. The molecular weight excluding hydrogens is 338 g/mol. The van der Waals surface area contributed by atoms with Crippen molar-refractivity contribution >= 4 is 17.1 Å². The molecule has 0 radical (unpaired) electrons. The predicted octanol–water partition coefficient (Wildman–Crippen LogP) is 3.87. The van der Waals surface area contributed by atoms with Crippen LogP contribution in [0.2, 0.25) is 5.02 Å². The minimum Gasteiger partial charge on any atom is -0.497 e. The van der Waals surface area contributed by atoms with E-state index >= 15 is 0 Å². The first-order chi connectivity index (χ1) is 11.8. The van der Waals surface area contributed by atoms with E-state index in [9.17, 15) is 4.79 Å². The molecule has 0 spiro atoms. The van der Waals surface area contributed by atoms with E-state index in [0.717, 1.165) is 17.7 Å². The lowest BCUT2D eigenvalue weighted by atomic mass is 10.0. The highest BCUT2D eigenvalue weighted by molar-refractivity contribution is 6.33. The predicted molar refractivity (Wildman–Crippen MR) is 101 cm³/mol. The highest BCUT2D eigenvalue weighted by atomic mass is 35.5. The highest BCUT2D eigenvalue weighted by Crippen LogP contribution is 2.30. The number of rotatable bonds is 4. The van der Waals surface area contributed by atoms with Crippen molar-refractivity contribution in [2.75, 3.05) is 7.11 Å². The van der Waals surface area contributed by atoms with Crippen molar-refractivity contribution in [2.24, 2.45) is 13.0 Å². The maximum atomic E-state index is 13.0. The Morgan fingerprint density at radius 2 is 2.00 bits per heavy atom. The van der Waals surface area contributed by atoms with E-state index in [1.807, 2.05) is 25.1 Å². The molecule has 6 heteroatoms. The molecule has 132 valence electrons. The first-order valence-electron chi connectivity index (χ1n) is 8.25. The molecule has 3 rings (SSSR count). The maximum absolute atomic E-state index is 13.0. The van der Waals surface area contributed by atoms with Gasteiger partial charge in [0.2, 0.25) is 0 Å². The van der Waals surface area contributed by atoms with Crippen LogP contribution in [-0.4, -0.2) is 21.3 Å². The van der Waals surface area contributed by atoms with E-state index in [-0.39, 0.29) is 5.56 Å². The van der Waals surface area contributed by atoms with Crippen LogP contribution in [-0.2, 0) is 13.5 Å². The summed E-state index contributed by atoms with van der Waals surface area (Å²) in [5.41, 5.74) is 3.24. The van der Waals surface area contributed by atoms with Crippen molar-refractivity contribution in [3.05, 3.63) is 50.9 Å². The standard InChI is InChI=1S/C19H22ClN3O2/c1-11(2)8-13-9-12(3)23-17(13)19(24)22(4)18(21-23)15-7-6-14(25-5)10-16(15)20/h6-7,9-11H,8H2,1-5H3. The summed E-state index contributed by atoms with van der Waals surface area (Å²) in [5.74, 6) is 1.65. The molecule has 0 aliphatic rings. The van der Waals surface area contributed by atoms with Gasteiger partial charge in [-0.15, -0.1) is 5.10 Å². The van der Waals surface area contributed by atoms with Crippen LogP contribution in [0.25, 0.3) is 16.9 Å². The van der Waals surface area contributed by atoms with Gasteiger partial charge >= 0.3 is 0 Å². The van der Waals surface area contributed by atoms with Crippen LogP contribution in [0.3, 0.4) is 0 Å². The van der Waals surface area contributed by atoms with Crippen molar-refractivity contribution in [3.8, 4) is 17.1 Å². The lowest BCUT2D eigenvalue weighted by molar-refractivity contribution is 0.415. The van der Waals surface area contributed by atoms with Gasteiger partial charge < -0.3 is 4.74 Å². The third-order valence-corrected chi connectivity index (χ3v) is 4.61. The number of aryl methyl sites for hydroxylation is 1. The van der Waals surface area contributed by atoms with Crippen LogP contribution in [0.15, 0.2) is 29.1 Å². The monoisotopic (exact) mass is 359 g/mol. The fourth-order valence-corrected chi connectivity index (χ4v) is 3.36. The summed E-state index contributed by atoms with van der Waals surface area (Å²) in [7, 11) is 3.32. The Morgan fingerprint density at radius 1 is 1.28 bits per heavy atom. The second-order valence-electron chi connectivity index (χ2n) is 6.70. The largest absolute Gasteiger partial charge is 0.497 e. The van der Waals surface area contributed by atoms with Gasteiger partial charge in [0.1, 0.15) is 11.3 Å². The minimum absolute atomic E-state index is 0.0689. The molecule has 2 heterocycles. The molecule has 0 aliphatic carbocycles. The molecule has 2 aromatic heterocycles. The molecule has 0 saturated heterocycles. The normalized spacial score (nSPS) is 11.5. The van der Waals surface area contributed by atoms with Crippen LogP contribution in [0.5, 0.6) is 5.75 Å². The zero-order valence-corrected chi connectivity index (χ0v) is 15.9. The third-order valence-electron chi connectivity index (χ3n) is 4.30. The molecule has 0 aliphatic heterocycles. The first kappa shape index (κ1) is 17.5. The maximum Gasteiger partial charge on any atom is 0.278 e. The summed E-state index contributed by atoms with van der Waals surface area (Å²) < 4.78 is 8.48. The second kappa shape index (κ2) is 6.56. The Labute approximate surface area is 151 Å². The summed E-state index contributed by atoms with van der Waals surface area (Å²) in [6.45, 7) is 6.24. The Bertz CT molecular complexity index is 1000. The van der Waals surface area contributed by atoms with Crippen molar-refractivity contribution in [1.29, 1.82) is 0 Å². The minimum atomic E-state index is -0.0689. The lowest BCUT2D eigenvalue weighted by Crippen LogP contribution is -2.24. The molecule has 0 unspecified atom stereocenters. The van der Waals surface area contributed by atoms with Gasteiger partial charge in [-0.3, -0.25) is 9.36 Å². The van der Waals surface area contributed by atoms with Gasteiger partial charge in [0.25, 0.3) is 5.56 Å². The van der Waals surface area contributed by atoms with Gasteiger partial charge in [0.15, 0.2) is 5.82 Å². The van der Waals surface area contributed by atoms with Crippen LogP contribution >= 0.6 is 11.6 Å². The molecule has 0 amide bonds. The van der Waals surface area contributed by atoms with E-state index in [0.29, 0.717) is 33.6 Å². The smallest absolute Gasteiger partial charge is 0.278 e. The molecule has 0 bridgehead atoms. The summed E-state index contributed by atoms with van der Waals surface area (Å²) in [6.07, 6.45) is 0.844. The molecular formula is C19H22ClN3O2. The quantitative estimate of drug-likeness (QED) is 0.710. The Balaban J connectivity index is 2.27. The second-order valence-corrected chi connectivity index (χ2v) is 7.11. The summed E-state index contributed by atoms with van der Waals surface area (Å²) in [6, 6.07) is 7.40. The highest BCUT2D eigenvalue weighted by Gasteiger charge is 2.18. The fraction of sp³-hybridized carbons (Fsp3) is 0.368. The zero-order chi connectivity index (χ0) is 18.3. The van der Waals surface area contributed by atoms with Gasteiger partial charge in [0, 0.05) is 18.3 Å². The molecule has 1 aromatic carbocycles. The Hall–Kier alpha value is -2.27. The Kier molecular flexibility index (Phi) is 4.60. The lowest BCUT2D eigenvalue weighted by Gasteiger charge is -2.12. The molecule has 0 atom stereocenters. The topological polar surface area (TPSA) is 48.5 Å². The first-order valence-corrected chi connectivity index (χ1v) is 8.63. The SMILES string of the molecule is COc1ccc(-c2nn3c(C)cc(CC(C)C)c3c(=O)n2C)c(Cl)c1. The van der Waals surface area contributed by atoms with Crippen molar-refractivity contribution < 1.29 is 4.74 Å². The Morgan fingerprint density at radius 3 is 2.60 bits per heavy atom. The van der Waals surface area contributed by atoms with Gasteiger partial charge in [0.05, 0.1) is 12.1 Å². The van der Waals surface area contributed by atoms with Crippen LogP contribution in [0, 0.1) is 12.8 Å². The molecule has 0 N–H and O–H groups in total. The van der Waals surface area contributed by atoms with Gasteiger partial charge in [-0.1, -0.05) is 25.4 Å². The van der Waals surface area contributed by atoms with E-state index in [4.69, 9.17) is 21.4 Å². The van der Waals surface area contributed by atoms with Gasteiger partial charge in [-0.05, 0) is 49.1 Å². The summed E-state index contributed by atoms with van der Waals surface area (Å²) >= 11 is 6.39. The average molecular weight is 360 g/mol. The molecule has 0 fully saturated rings. The number of fused-ring (bicyclic) bond motifs is 1. The number of hydrogen-bond acceptors (Lipinski definition) is 3.